The van der Waals surface area contributed by atoms with Crippen molar-refractivity contribution < 1.29 is 9.47 Å². The largest absolute Gasteiger partial charge is 0.354 e. The molecule has 0 spiro atoms. The molecule has 0 saturated carbocycles. The van der Waals surface area contributed by atoms with E-state index in [0.717, 1.165) is 5.56 Å². The van der Waals surface area contributed by atoms with Crippen molar-refractivity contribution >= 4 is 0 Å². The van der Waals surface area contributed by atoms with Gasteiger partial charge in [-0.05, 0) is 12.0 Å². The second kappa shape index (κ2) is 5.09. The quantitative estimate of drug-likeness (QED) is 0.673. The molecule has 0 saturated heterocycles. The Morgan fingerprint density at radius 2 is 2.14 bits per heavy atom. The van der Waals surface area contributed by atoms with Gasteiger partial charge in [-0.3, -0.25) is 4.68 Å². The zero-order valence-corrected chi connectivity index (χ0v) is 8.80. The molecule has 5 heteroatoms. The lowest BCUT2D eigenvalue weighted by Crippen LogP contribution is -2.39. The summed E-state index contributed by atoms with van der Waals surface area (Å²) in [5, 5.41) is 4.06. The topological polar surface area (TPSA) is 62.3 Å². The molecule has 0 aliphatic heterocycles. The van der Waals surface area contributed by atoms with Crippen LogP contribution < -0.4 is 5.73 Å². The van der Waals surface area contributed by atoms with E-state index in [1.165, 1.54) is 0 Å². The Morgan fingerprint density at radius 3 is 2.57 bits per heavy atom. The predicted octanol–water partition coefficient (Wildman–Crippen LogP) is -0.0912. The average molecular weight is 199 g/mol. The minimum atomic E-state index is -0.366. The first-order valence-electron chi connectivity index (χ1n) is 4.46. The van der Waals surface area contributed by atoms with E-state index in [0.29, 0.717) is 6.42 Å². The highest BCUT2D eigenvalue weighted by molar-refractivity contribution is 5.05. The van der Waals surface area contributed by atoms with Crippen molar-refractivity contribution in [3.8, 4) is 0 Å². The fraction of sp³-hybridized carbons (Fsp3) is 0.667. The molecule has 1 aromatic rings. The Kier molecular flexibility index (Phi) is 4.06. The Balaban J connectivity index is 2.51. The van der Waals surface area contributed by atoms with Crippen LogP contribution in [0.5, 0.6) is 0 Å². The summed E-state index contributed by atoms with van der Waals surface area (Å²) >= 11 is 0. The van der Waals surface area contributed by atoms with E-state index >= 15 is 0 Å². The molecular weight excluding hydrogens is 182 g/mol. The minimum Gasteiger partial charge on any atom is -0.354 e. The van der Waals surface area contributed by atoms with E-state index in [1.54, 1.807) is 25.1 Å². The van der Waals surface area contributed by atoms with Gasteiger partial charge in [-0.15, -0.1) is 0 Å². The molecule has 0 aliphatic rings. The molecule has 2 N–H and O–H groups in total. The number of ether oxygens (including phenoxy) is 2. The molecule has 80 valence electrons. The Labute approximate surface area is 83.8 Å². The zero-order valence-electron chi connectivity index (χ0n) is 8.80. The van der Waals surface area contributed by atoms with E-state index in [9.17, 15) is 0 Å². The van der Waals surface area contributed by atoms with Gasteiger partial charge in [0.1, 0.15) is 0 Å². The first kappa shape index (κ1) is 11.2. The van der Waals surface area contributed by atoms with Crippen LogP contribution in [-0.2, 0) is 22.9 Å². The number of hydrogen-bond donors (Lipinski definition) is 1. The van der Waals surface area contributed by atoms with Gasteiger partial charge in [0.15, 0.2) is 6.29 Å². The highest BCUT2D eigenvalue weighted by atomic mass is 16.7. The Bertz CT molecular complexity index is 271. The van der Waals surface area contributed by atoms with Gasteiger partial charge in [0.05, 0.1) is 12.2 Å². The summed E-state index contributed by atoms with van der Waals surface area (Å²) in [6.45, 7) is 0. The summed E-state index contributed by atoms with van der Waals surface area (Å²) in [6, 6.07) is -0.172. The fourth-order valence-corrected chi connectivity index (χ4v) is 1.39. The van der Waals surface area contributed by atoms with Crippen LogP contribution in [0.3, 0.4) is 0 Å². The third-order valence-corrected chi connectivity index (χ3v) is 2.04. The summed E-state index contributed by atoms with van der Waals surface area (Å²) in [6.07, 6.45) is 4.06. The lowest BCUT2D eigenvalue weighted by molar-refractivity contribution is -0.115. The zero-order chi connectivity index (χ0) is 10.6. The van der Waals surface area contributed by atoms with Gasteiger partial charge in [0.2, 0.25) is 0 Å². The molecule has 14 heavy (non-hydrogen) atoms. The molecule has 1 heterocycles. The van der Waals surface area contributed by atoms with Gasteiger partial charge in [-0.1, -0.05) is 0 Å². The summed E-state index contributed by atoms with van der Waals surface area (Å²) in [7, 11) is 5.04. The number of aryl methyl sites for hydroxylation is 1. The van der Waals surface area contributed by atoms with Crippen molar-refractivity contribution in [2.75, 3.05) is 14.2 Å². The fourth-order valence-electron chi connectivity index (χ4n) is 1.39. The molecule has 0 bridgehead atoms. The number of nitrogens with zero attached hydrogens (tertiary/aromatic N) is 2. The summed E-state index contributed by atoms with van der Waals surface area (Å²) in [4.78, 5) is 0. The van der Waals surface area contributed by atoms with Crippen molar-refractivity contribution in [3.05, 3.63) is 18.0 Å². The van der Waals surface area contributed by atoms with Crippen LogP contribution in [0.2, 0.25) is 0 Å². The maximum absolute atomic E-state index is 5.89. The van der Waals surface area contributed by atoms with E-state index in [4.69, 9.17) is 15.2 Å². The minimum absolute atomic E-state index is 0.172. The number of methoxy groups -OCH3 is 2. The molecule has 1 rings (SSSR count). The standard InChI is InChI=1S/C9H17N3O2/c1-12-6-7(5-11-12)4-8(10)9(13-2)14-3/h5-6,8-9H,4,10H2,1-3H3. The smallest absolute Gasteiger partial charge is 0.172 e. The van der Waals surface area contributed by atoms with E-state index in [2.05, 4.69) is 5.10 Å². The lowest BCUT2D eigenvalue weighted by atomic mass is 10.1. The number of rotatable bonds is 5. The van der Waals surface area contributed by atoms with E-state index in [1.807, 2.05) is 13.2 Å². The number of hydrogen-bond acceptors (Lipinski definition) is 4. The van der Waals surface area contributed by atoms with Gasteiger partial charge in [0, 0.05) is 27.5 Å². The van der Waals surface area contributed by atoms with Crippen molar-refractivity contribution in [3.63, 3.8) is 0 Å². The SMILES string of the molecule is COC(OC)C(N)Cc1cnn(C)c1. The number of nitrogens with two attached hydrogens (primary N) is 1. The third kappa shape index (κ3) is 2.80. The van der Waals surface area contributed by atoms with Crippen LogP contribution >= 0.6 is 0 Å². The van der Waals surface area contributed by atoms with Crippen LogP contribution in [0.1, 0.15) is 5.56 Å². The van der Waals surface area contributed by atoms with Crippen LogP contribution in [0, 0.1) is 0 Å². The summed E-state index contributed by atoms with van der Waals surface area (Å²) in [5.41, 5.74) is 6.98. The van der Waals surface area contributed by atoms with Crippen molar-refractivity contribution in [2.24, 2.45) is 12.8 Å². The first-order valence-corrected chi connectivity index (χ1v) is 4.46. The van der Waals surface area contributed by atoms with E-state index < -0.39 is 0 Å². The van der Waals surface area contributed by atoms with Gasteiger partial charge in [0.25, 0.3) is 0 Å². The maximum Gasteiger partial charge on any atom is 0.172 e. The Hall–Kier alpha value is -0.910. The van der Waals surface area contributed by atoms with Crippen molar-refractivity contribution in [1.82, 2.24) is 9.78 Å². The molecule has 0 amide bonds. The third-order valence-electron chi connectivity index (χ3n) is 2.04. The molecule has 5 nitrogen and oxygen atoms in total. The molecular formula is C9H17N3O2. The normalized spacial score (nSPS) is 13.5. The van der Waals surface area contributed by atoms with E-state index in [-0.39, 0.29) is 12.3 Å². The molecule has 1 atom stereocenters. The average Bonchev–Trinajstić information content (AvgIpc) is 2.53. The first-order chi connectivity index (χ1) is 6.67. The molecule has 1 unspecified atom stereocenters. The monoisotopic (exact) mass is 199 g/mol. The van der Waals surface area contributed by atoms with Crippen LogP contribution in [0.25, 0.3) is 0 Å². The summed E-state index contributed by atoms with van der Waals surface area (Å²) < 4.78 is 11.9. The van der Waals surface area contributed by atoms with Crippen LogP contribution in [-0.4, -0.2) is 36.3 Å². The van der Waals surface area contributed by atoms with Gasteiger partial charge in [-0.25, -0.2) is 0 Å². The highest BCUT2D eigenvalue weighted by Gasteiger charge is 2.17. The lowest BCUT2D eigenvalue weighted by Gasteiger charge is -2.20. The van der Waals surface area contributed by atoms with Crippen molar-refractivity contribution in [1.29, 1.82) is 0 Å². The highest BCUT2D eigenvalue weighted by Crippen LogP contribution is 2.05. The van der Waals surface area contributed by atoms with Crippen molar-refractivity contribution in [2.45, 2.75) is 18.8 Å². The molecule has 0 aliphatic carbocycles. The second-order valence-corrected chi connectivity index (χ2v) is 3.23. The molecule has 0 aromatic carbocycles. The second-order valence-electron chi connectivity index (χ2n) is 3.23. The maximum atomic E-state index is 5.89. The van der Waals surface area contributed by atoms with Gasteiger partial charge >= 0.3 is 0 Å². The van der Waals surface area contributed by atoms with Crippen LogP contribution in [0.4, 0.5) is 0 Å². The predicted molar refractivity (Wildman–Crippen MR) is 52.7 cm³/mol. The van der Waals surface area contributed by atoms with Crippen LogP contribution in [0.15, 0.2) is 12.4 Å². The number of aromatic nitrogens is 2. The van der Waals surface area contributed by atoms with Gasteiger partial charge in [-0.2, -0.15) is 5.10 Å². The Morgan fingerprint density at radius 1 is 1.50 bits per heavy atom. The van der Waals surface area contributed by atoms with Gasteiger partial charge < -0.3 is 15.2 Å². The molecule has 0 radical (unpaired) electrons. The molecule has 0 fully saturated rings. The summed E-state index contributed by atoms with van der Waals surface area (Å²) in [5.74, 6) is 0. The molecule has 1 aromatic heterocycles.